The number of ether oxygens (including phenoxy) is 1. The number of imide groups is 1. The lowest BCUT2D eigenvalue weighted by Gasteiger charge is -2.18. The number of hydrogen-bond acceptors (Lipinski definition) is 6. The minimum atomic E-state index is -1.12. The number of carbonyl (C=O) groups excluding carboxylic acids is 5. The number of halogens is 1. The van der Waals surface area contributed by atoms with E-state index in [1.165, 1.54) is 45.2 Å². The van der Waals surface area contributed by atoms with E-state index in [1.807, 2.05) is 0 Å². The Bertz CT molecular complexity index is 839. The third-order valence-corrected chi connectivity index (χ3v) is 4.02. The predicted octanol–water partition coefficient (Wildman–Crippen LogP) is 0.0962. The molecule has 10 nitrogen and oxygen atoms in total. The highest BCUT2D eigenvalue weighted by atomic mass is 19.1. The van der Waals surface area contributed by atoms with Gasteiger partial charge in [-0.3, -0.25) is 24.1 Å². The molecule has 2 N–H and O–H groups in total. The average molecular weight is 408 g/mol. The standard InChI is InChI=1S/C18H21FN4O6/c1-18(2)16(27)23(17(28)21-18)9-15(26)29-10-14(25)22(3)8-13(24)20-12-6-4-11(19)5-7-12/h4-7H,8-10H2,1-3H3,(H,20,24)(H,21,28). The van der Waals surface area contributed by atoms with Crippen LogP contribution < -0.4 is 10.6 Å². The molecule has 1 fully saturated rings. The van der Waals surface area contributed by atoms with E-state index in [9.17, 15) is 28.4 Å². The highest BCUT2D eigenvalue weighted by Crippen LogP contribution is 2.16. The van der Waals surface area contributed by atoms with Crippen LogP contribution in [0.4, 0.5) is 14.9 Å². The van der Waals surface area contributed by atoms with Gasteiger partial charge in [0.15, 0.2) is 6.61 Å². The zero-order chi connectivity index (χ0) is 21.8. The third kappa shape index (κ3) is 5.74. The molecule has 29 heavy (non-hydrogen) atoms. The van der Waals surface area contributed by atoms with Crippen LogP contribution in [0.3, 0.4) is 0 Å². The highest BCUT2D eigenvalue weighted by molar-refractivity contribution is 6.08. The normalized spacial score (nSPS) is 15.0. The van der Waals surface area contributed by atoms with Gasteiger partial charge in [0.05, 0.1) is 6.54 Å². The predicted molar refractivity (Wildman–Crippen MR) is 97.9 cm³/mol. The monoisotopic (exact) mass is 408 g/mol. The summed E-state index contributed by atoms with van der Waals surface area (Å²) in [5.41, 5.74) is -0.759. The van der Waals surface area contributed by atoms with Crippen LogP contribution in [0.5, 0.6) is 0 Å². The molecule has 1 aliphatic heterocycles. The van der Waals surface area contributed by atoms with E-state index in [2.05, 4.69) is 10.6 Å². The number of anilines is 1. The van der Waals surface area contributed by atoms with Crippen LogP contribution in [0.2, 0.25) is 0 Å². The summed E-state index contributed by atoms with van der Waals surface area (Å²) in [6.07, 6.45) is 0. The highest BCUT2D eigenvalue weighted by Gasteiger charge is 2.45. The topological polar surface area (TPSA) is 125 Å². The first-order valence-electron chi connectivity index (χ1n) is 8.58. The van der Waals surface area contributed by atoms with E-state index >= 15 is 0 Å². The molecule has 156 valence electrons. The first kappa shape index (κ1) is 21.8. The fourth-order valence-electron chi connectivity index (χ4n) is 2.43. The van der Waals surface area contributed by atoms with Gasteiger partial charge in [0.2, 0.25) is 5.91 Å². The summed E-state index contributed by atoms with van der Waals surface area (Å²) >= 11 is 0. The zero-order valence-electron chi connectivity index (χ0n) is 16.2. The van der Waals surface area contributed by atoms with Gasteiger partial charge in [-0.05, 0) is 38.1 Å². The van der Waals surface area contributed by atoms with Crippen molar-refractivity contribution >= 4 is 35.4 Å². The van der Waals surface area contributed by atoms with Crippen LogP contribution in [0.15, 0.2) is 24.3 Å². The van der Waals surface area contributed by atoms with Crippen molar-refractivity contribution < 1.29 is 33.1 Å². The minimum absolute atomic E-state index is 0.324. The van der Waals surface area contributed by atoms with Gasteiger partial charge in [0, 0.05) is 12.7 Å². The van der Waals surface area contributed by atoms with Crippen molar-refractivity contribution in [2.75, 3.05) is 32.1 Å². The van der Waals surface area contributed by atoms with Gasteiger partial charge in [0.1, 0.15) is 17.9 Å². The molecule has 5 amide bonds. The molecule has 0 spiro atoms. The number of esters is 1. The summed E-state index contributed by atoms with van der Waals surface area (Å²) < 4.78 is 17.6. The van der Waals surface area contributed by atoms with Gasteiger partial charge < -0.3 is 20.3 Å². The second-order valence-corrected chi connectivity index (χ2v) is 6.91. The van der Waals surface area contributed by atoms with Crippen molar-refractivity contribution in [1.82, 2.24) is 15.1 Å². The summed E-state index contributed by atoms with van der Waals surface area (Å²) in [5, 5.41) is 4.90. The molecule has 0 aliphatic carbocycles. The van der Waals surface area contributed by atoms with Crippen molar-refractivity contribution in [3.8, 4) is 0 Å². The Balaban J connectivity index is 1.77. The van der Waals surface area contributed by atoms with Crippen molar-refractivity contribution in [3.63, 3.8) is 0 Å². The number of rotatable bonds is 7. The zero-order valence-corrected chi connectivity index (χ0v) is 16.2. The van der Waals surface area contributed by atoms with Gasteiger partial charge in [-0.15, -0.1) is 0 Å². The first-order chi connectivity index (χ1) is 13.5. The van der Waals surface area contributed by atoms with Crippen LogP contribution in [0.25, 0.3) is 0 Å². The van der Waals surface area contributed by atoms with Gasteiger partial charge in [0.25, 0.3) is 11.8 Å². The van der Waals surface area contributed by atoms with Crippen LogP contribution in [0.1, 0.15) is 13.8 Å². The van der Waals surface area contributed by atoms with E-state index in [4.69, 9.17) is 4.74 Å². The second-order valence-electron chi connectivity index (χ2n) is 6.91. The van der Waals surface area contributed by atoms with E-state index in [0.29, 0.717) is 10.6 Å². The number of likely N-dealkylation sites (N-methyl/N-ethyl adjacent to an activating group) is 1. The van der Waals surface area contributed by atoms with E-state index < -0.39 is 54.2 Å². The molecular weight excluding hydrogens is 387 g/mol. The molecule has 0 unspecified atom stereocenters. The van der Waals surface area contributed by atoms with Crippen LogP contribution >= 0.6 is 0 Å². The number of carbonyl (C=O) groups is 5. The molecular formula is C18H21FN4O6. The van der Waals surface area contributed by atoms with E-state index in [1.54, 1.807) is 0 Å². The number of nitrogens with one attached hydrogen (secondary N) is 2. The second kappa shape index (κ2) is 8.67. The Hall–Kier alpha value is -3.50. The molecule has 1 heterocycles. The number of nitrogens with zero attached hydrogens (tertiary/aromatic N) is 2. The average Bonchev–Trinajstić information content (AvgIpc) is 2.83. The molecule has 0 radical (unpaired) electrons. The van der Waals surface area contributed by atoms with Gasteiger partial charge in [-0.2, -0.15) is 0 Å². The Morgan fingerprint density at radius 1 is 1.21 bits per heavy atom. The number of hydrogen-bond donors (Lipinski definition) is 2. The number of urea groups is 1. The van der Waals surface area contributed by atoms with E-state index in [-0.39, 0.29) is 6.54 Å². The first-order valence-corrected chi connectivity index (χ1v) is 8.58. The van der Waals surface area contributed by atoms with Crippen molar-refractivity contribution in [1.29, 1.82) is 0 Å². The van der Waals surface area contributed by atoms with Crippen LogP contribution in [-0.4, -0.2) is 71.8 Å². The fraction of sp³-hybridized carbons (Fsp3) is 0.389. The largest absolute Gasteiger partial charge is 0.454 e. The van der Waals surface area contributed by atoms with Crippen molar-refractivity contribution in [3.05, 3.63) is 30.1 Å². The molecule has 1 aliphatic rings. The van der Waals surface area contributed by atoms with Gasteiger partial charge >= 0.3 is 12.0 Å². The summed E-state index contributed by atoms with van der Waals surface area (Å²) in [5.74, 6) is -3.16. The Kier molecular flexibility index (Phi) is 6.52. The lowest BCUT2D eigenvalue weighted by molar-refractivity contribution is -0.153. The van der Waals surface area contributed by atoms with Crippen molar-refractivity contribution in [2.45, 2.75) is 19.4 Å². The molecule has 0 bridgehead atoms. The summed E-state index contributed by atoms with van der Waals surface area (Å²) in [6, 6.07) is 4.37. The number of benzene rings is 1. The maximum absolute atomic E-state index is 12.8. The number of amides is 5. The van der Waals surface area contributed by atoms with Crippen LogP contribution in [0, 0.1) is 5.82 Å². The Morgan fingerprint density at radius 2 is 1.83 bits per heavy atom. The maximum Gasteiger partial charge on any atom is 0.326 e. The molecule has 2 rings (SSSR count). The quantitative estimate of drug-likeness (QED) is 0.487. The summed E-state index contributed by atoms with van der Waals surface area (Å²) in [6.45, 7) is 1.37. The molecule has 0 saturated carbocycles. The third-order valence-electron chi connectivity index (χ3n) is 4.02. The molecule has 0 aromatic heterocycles. The minimum Gasteiger partial charge on any atom is -0.454 e. The summed E-state index contributed by atoms with van der Waals surface area (Å²) in [7, 11) is 1.33. The van der Waals surface area contributed by atoms with Crippen molar-refractivity contribution in [2.24, 2.45) is 0 Å². The molecule has 11 heteroatoms. The van der Waals surface area contributed by atoms with Gasteiger partial charge in [-0.25, -0.2) is 9.18 Å². The lowest BCUT2D eigenvalue weighted by atomic mass is 10.1. The molecule has 0 atom stereocenters. The van der Waals surface area contributed by atoms with E-state index in [0.717, 1.165) is 4.90 Å². The molecule has 1 aromatic rings. The lowest BCUT2D eigenvalue weighted by Crippen LogP contribution is -2.42. The SMILES string of the molecule is CN(CC(=O)Nc1ccc(F)cc1)C(=O)COC(=O)CN1C(=O)NC(C)(C)C1=O. The van der Waals surface area contributed by atoms with Gasteiger partial charge in [-0.1, -0.05) is 0 Å². The molecule has 1 aromatic carbocycles. The Labute approximate surface area is 166 Å². The Morgan fingerprint density at radius 3 is 2.38 bits per heavy atom. The maximum atomic E-state index is 12.8. The molecule has 1 saturated heterocycles. The fourth-order valence-corrected chi connectivity index (χ4v) is 2.43. The smallest absolute Gasteiger partial charge is 0.326 e. The summed E-state index contributed by atoms with van der Waals surface area (Å²) in [4.78, 5) is 61.2. The van der Waals surface area contributed by atoms with Crippen LogP contribution in [-0.2, 0) is 23.9 Å².